The van der Waals surface area contributed by atoms with Gasteiger partial charge in [0.1, 0.15) is 0 Å². The lowest BCUT2D eigenvalue weighted by atomic mass is 9.79. The molecular formula is C22H18BrNO5. The summed E-state index contributed by atoms with van der Waals surface area (Å²) in [7, 11) is 2.75. The zero-order valence-corrected chi connectivity index (χ0v) is 17.6. The first-order valence-electron chi connectivity index (χ1n) is 8.89. The zero-order chi connectivity index (χ0) is 20.9. The minimum absolute atomic E-state index is 0.0549. The Bertz CT molecular complexity index is 1130. The van der Waals surface area contributed by atoms with E-state index in [0.29, 0.717) is 38.1 Å². The van der Waals surface area contributed by atoms with Crippen LogP contribution in [0.5, 0.6) is 11.5 Å². The highest BCUT2D eigenvalue weighted by Gasteiger charge is 2.43. The van der Waals surface area contributed by atoms with Gasteiger partial charge in [0.2, 0.25) is 0 Å². The number of ether oxygens (including phenoxy) is 2. The Balaban J connectivity index is 1.99. The van der Waals surface area contributed by atoms with Gasteiger partial charge in [-0.2, -0.15) is 0 Å². The Hall–Kier alpha value is -3.06. The van der Waals surface area contributed by atoms with E-state index in [9.17, 15) is 14.7 Å². The highest BCUT2D eigenvalue weighted by atomic mass is 79.9. The number of ketones is 1. The van der Waals surface area contributed by atoms with Gasteiger partial charge >= 0.3 is 5.97 Å². The second-order valence-electron chi connectivity index (χ2n) is 6.81. The molecule has 1 heterocycles. The third kappa shape index (κ3) is 2.84. The van der Waals surface area contributed by atoms with Crippen molar-refractivity contribution in [3.8, 4) is 11.5 Å². The van der Waals surface area contributed by atoms with Crippen LogP contribution in [0.4, 0.5) is 0 Å². The SMILES string of the molecule is COC(=O)C1=C(C)NC2=C(C(=O)c3ccccc32)[C@H]1c1cc(Br)c(O)c(OC)c1. The maximum atomic E-state index is 13.3. The van der Waals surface area contributed by atoms with Crippen LogP contribution in [-0.2, 0) is 9.53 Å². The normalized spacial score (nSPS) is 17.7. The summed E-state index contributed by atoms with van der Waals surface area (Å²) in [6.45, 7) is 1.78. The molecule has 7 heteroatoms. The number of carbonyl (C=O) groups excluding carboxylic acids is 2. The minimum atomic E-state index is -0.676. The maximum Gasteiger partial charge on any atom is 0.336 e. The first-order chi connectivity index (χ1) is 13.9. The molecule has 2 aliphatic rings. The van der Waals surface area contributed by atoms with E-state index in [4.69, 9.17) is 9.47 Å². The van der Waals surface area contributed by atoms with Crippen molar-refractivity contribution < 1.29 is 24.2 Å². The molecule has 2 aromatic rings. The van der Waals surface area contributed by atoms with Crippen LogP contribution in [0.2, 0.25) is 0 Å². The van der Waals surface area contributed by atoms with Crippen LogP contribution in [0.3, 0.4) is 0 Å². The van der Waals surface area contributed by atoms with E-state index in [-0.39, 0.29) is 17.3 Å². The molecule has 0 saturated heterocycles. The van der Waals surface area contributed by atoms with E-state index in [1.54, 1.807) is 25.1 Å². The molecule has 0 spiro atoms. The van der Waals surface area contributed by atoms with Gasteiger partial charge < -0.3 is 19.9 Å². The van der Waals surface area contributed by atoms with Crippen molar-refractivity contribution in [2.75, 3.05) is 14.2 Å². The third-order valence-electron chi connectivity index (χ3n) is 5.26. The van der Waals surface area contributed by atoms with Gasteiger partial charge in [-0.1, -0.05) is 24.3 Å². The van der Waals surface area contributed by atoms with Gasteiger partial charge in [0, 0.05) is 28.3 Å². The molecule has 6 nitrogen and oxygen atoms in total. The predicted octanol–water partition coefficient (Wildman–Crippen LogP) is 3.90. The van der Waals surface area contributed by atoms with Crippen LogP contribution in [0.25, 0.3) is 5.70 Å². The quantitative estimate of drug-likeness (QED) is 0.682. The first-order valence-corrected chi connectivity index (χ1v) is 9.69. The summed E-state index contributed by atoms with van der Waals surface area (Å²) in [4.78, 5) is 26.0. The number of Topliss-reactive ketones (excluding diaryl/α,β-unsaturated/α-hetero) is 1. The fraction of sp³-hybridized carbons (Fsp3) is 0.182. The average molecular weight is 456 g/mol. The Kier molecular flexibility index (Phi) is 4.70. The Labute approximate surface area is 176 Å². The second-order valence-corrected chi connectivity index (χ2v) is 7.66. The third-order valence-corrected chi connectivity index (χ3v) is 5.86. The van der Waals surface area contributed by atoms with Gasteiger partial charge in [0.05, 0.1) is 30.0 Å². The van der Waals surface area contributed by atoms with Crippen LogP contribution in [0.15, 0.2) is 57.7 Å². The number of esters is 1. The summed E-state index contributed by atoms with van der Waals surface area (Å²) in [5.41, 5.74) is 4.10. The zero-order valence-electron chi connectivity index (χ0n) is 16.0. The average Bonchev–Trinajstić information content (AvgIpc) is 3.00. The number of methoxy groups -OCH3 is 2. The summed E-state index contributed by atoms with van der Waals surface area (Å²) >= 11 is 3.33. The van der Waals surface area contributed by atoms with Gasteiger partial charge in [-0.15, -0.1) is 0 Å². The summed E-state index contributed by atoms with van der Waals surface area (Å²) in [5.74, 6) is -1.17. The van der Waals surface area contributed by atoms with E-state index >= 15 is 0 Å². The summed E-state index contributed by atoms with van der Waals surface area (Å²) in [6.07, 6.45) is 0. The standard InChI is InChI=1S/C22H18BrNO5/c1-10-16(22(27)29-3)17(11-8-14(23)21(26)15(9-11)28-2)18-19(24-10)12-6-4-5-7-13(12)20(18)25/h4-9,17,24,26H,1-3H3/t17-/m0/s1. The van der Waals surface area contributed by atoms with Gasteiger partial charge in [-0.05, 0) is 40.5 Å². The second kappa shape index (κ2) is 7.08. The van der Waals surface area contributed by atoms with Gasteiger partial charge in [0.15, 0.2) is 17.3 Å². The van der Waals surface area contributed by atoms with E-state index < -0.39 is 11.9 Å². The molecule has 2 N–H and O–H groups in total. The number of benzene rings is 2. The molecule has 4 rings (SSSR count). The maximum absolute atomic E-state index is 13.3. The first kappa shape index (κ1) is 19.3. The molecule has 0 bridgehead atoms. The van der Waals surface area contributed by atoms with Crippen molar-refractivity contribution >= 4 is 33.4 Å². The van der Waals surface area contributed by atoms with Crippen LogP contribution >= 0.6 is 15.9 Å². The lowest BCUT2D eigenvalue weighted by Gasteiger charge is -2.29. The van der Waals surface area contributed by atoms with Crippen LogP contribution in [0, 0.1) is 0 Å². The Morgan fingerprint density at radius 2 is 1.86 bits per heavy atom. The number of halogens is 1. The number of nitrogens with one attached hydrogen (secondary N) is 1. The number of carbonyl (C=O) groups is 2. The highest BCUT2D eigenvalue weighted by molar-refractivity contribution is 9.10. The van der Waals surface area contributed by atoms with Crippen molar-refractivity contribution in [2.45, 2.75) is 12.8 Å². The van der Waals surface area contributed by atoms with Crippen LogP contribution < -0.4 is 10.1 Å². The van der Waals surface area contributed by atoms with E-state index in [1.165, 1.54) is 14.2 Å². The summed E-state index contributed by atoms with van der Waals surface area (Å²) in [5, 5.41) is 13.4. The number of fused-ring (bicyclic) bond motifs is 2. The highest BCUT2D eigenvalue weighted by Crippen LogP contribution is 2.49. The fourth-order valence-corrected chi connectivity index (χ4v) is 4.42. The summed E-state index contributed by atoms with van der Waals surface area (Å²) < 4.78 is 10.7. The Morgan fingerprint density at radius 1 is 1.17 bits per heavy atom. The predicted molar refractivity (Wildman–Crippen MR) is 111 cm³/mol. The molecule has 148 valence electrons. The molecule has 1 aliphatic carbocycles. The van der Waals surface area contributed by atoms with Crippen molar-refractivity contribution in [1.82, 2.24) is 5.32 Å². The molecule has 0 saturated carbocycles. The molecular weight excluding hydrogens is 438 g/mol. The molecule has 2 aromatic carbocycles. The number of phenolic OH excluding ortho intramolecular Hbond substituents is 1. The molecule has 29 heavy (non-hydrogen) atoms. The van der Waals surface area contributed by atoms with Crippen molar-refractivity contribution in [3.05, 3.63) is 74.4 Å². The fourth-order valence-electron chi connectivity index (χ4n) is 3.96. The van der Waals surface area contributed by atoms with Gasteiger partial charge in [0.25, 0.3) is 0 Å². The smallest absolute Gasteiger partial charge is 0.336 e. The minimum Gasteiger partial charge on any atom is -0.503 e. The van der Waals surface area contributed by atoms with Gasteiger partial charge in [-0.25, -0.2) is 4.79 Å². The van der Waals surface area contributed by atoms with Crippen LogP contribution in [-0.4, -0.2) is 31.1 Å². The number of allylic oxidation sites excluding steroid dienone is 2. The largest absolute Gasteiger partial charge is 0.503 e. The van der Waals surface area contributed by atoms with Crippen LogP contribution in [0.1, 0.15) is 34.3 Å². The Morgan fingerprint density at radius 3 is 2.52 bits per heavy atom. The number of rotatable bonds is 3. The van der Waals surface area contributed by atoms with E-state index in [0.717, 1.165) is 5.56 Å². The summed E-state index contributed by atoms with van der Waals surface area (Å²) in [6, 6.07) is 10.6. The molecule has 0 fully saturated rings. The van der Waals surface area contributed by atoms with Crippen molar-refractivity contribution in [2.24, 2.45) is 0 Å². The number of dihydropyridines is 1. The van der Waals surface area contributed by atoms with Crippen molar-refractivity contribution in [3.63, 3.8) is 0 Å². The number of aromatic hydroxyl groups is 1. The number of hydrogen-bond donors (Lipinski definition) is 2. The number of hydrogen-bond acceptors (Lipinski definition) is 6. The van der Waals surface area contributed by atoms with E-state index in [2.05, 4.69) is 21.2 Å². The topological polar surface area (TPSA) is 84.9 Å². The lowest BCUT2D eigenvalue weighted by Crippen LogP contribution is -2.29. The van der Waals surface area contributed by atoms with E-state index in [1.807, 2.05) is 18.2 Å². The molecule has 0 radical (unpaired) electrons. The molecule has 0 unspecified atom stereocenters. The van der Waals surface area contributed by atoms with Gasteiger partial charge in [-0.3, -0.25) is 4.79 Å². The molecule has 1 atom stereocenters. The molecule has 1 aliphatic heterocycles. The monoisotopic (exact) mass is 455 g/mol. The lowest BCUT2D eigenvalue weighted by molar-refractivity contribution is -0.136. The molecule has 0 aromatic heterocycles. The molecule has 0 amide bonds. The number of phenols is 1. The van der Waals surface area contributed by atoms with Crippen molar-refractivity contribution in [1.29, 1.82) is 0 Å².